The van der Waals surface area contributed by atoms with Gasteiger partial charge in [0.1, 0.15) is 6.07 Å². The smallest absolute Gasteiger partial charge is 0.234 e. The van der Waals surface area contributed by atoms with Crippen LogP contribution in [0.1, 0.15) is 25.3 Å². The van der Waals surface area contributed by atoms with E-state index in [4.69, 9.17) is 11.5 Å². The van der Waals surface area contributed by atoms with E-state index in [9.17, 15) is 14.9 Å². The Bertz CT molecular complexity index is 938. The minimum absolute atomic E-state index is 0.0707. The third-order valence-corrected chi connectivity index (χ3v) is 5.00. The average Bonchev–Trinajstić information content (AvgIpc) is 2.66. The number of fused-ring (bicyclic) bond motifs is 1. The number of carbonyl (C=O) groups is 2. The van der Waals surface area contributed by atoms with Gasteiger partial charge < -0.3 is 21.7 Å². The van der Waals surface area contributed by atoms with E-state index in [1.54, 1.807) is 12.3 Å². The van der Waals surface area contributed by atoms with Crippen LogP contribution in [0, 0.1) is 17.2 Å². The fraction of sp³-hybridized carbons (Fsp3) is 0.400. The zero-order valence-electron chi connectivity index (χ0n) is 15.8. The van der Waals surface area contributed by atoms with E-state index in [1.165, 1.54) is 0 Å². The van der Waals surface area contributed by atoms with Crippen molar-refractivity contribution in [3.05, 3.63) is 36.0 Å². The lowest BCUT2D eigenvalue weighted by molar-refractivity contribution is -0.126. The first-order valence-corrected chi connectivity index (χ1v) is 9.26. The lowest BCUT2D eigenvalue weighted by Gasteiger charge is -2.38. The first-order chi connectivity index (χ1) is 13.4. The fourth-order valence-corrected chi connectivity index (χ4v) is 3.76. The second kappa shape index (κ2) is 8.23. The van der Waals surface area contributed by atoms with E-state index in [0.29, 0.717) is 23.5 Å². The quantitative estimate of drug-likeness (QED) is 0.696. The zero-order chi connectivity index (χ0) is 20.3. The summed E-state index contributed by atoms with van der Waals surface area (Å²) in [5.41, 5.74) is 12.9. The predicted octanol–water partition coefficient (Wildman–Crippen LogP) is 0.640. The lowest BCUT2D eigenvalue weighted by atomic mass is 9.94. The molecule has 8 heteroatoms. The number of hydrogen-bond acceptors (Lipinski definition) is 6. The molecule has 1 aromatic heterocycles. The Morgan fingerprint density at radius 2 is 2.18 bits per heavy atom. The molecule has 3 atom stereocenters. The number of primary amides is 1. The maximum atomic E-state index is 12.2. The summed E-state index contributed by atoms with van der Waals surface area (Å²) in [5, 5.41) is 13.2. The highest BCUT2D eigenvalue weighted by molar-refractivity contribution is 5.95. The minimum Gasteiger partial charge on any atom is -0.369 e. The molecular weight excluding hydrogens is 356 g/mol. The molecule has 0 spiro atoms. The number of anilines is 1. The van der Waals surface area contributed by atoms with Crippen LogP contribution >= 0.6 is 0 Å². The minimum atomic E-state index is -0.981. The van der Waals surface area contributed by atoms with Gasteiger partial charge in [-0.15, -0.1) is 0 Å². The summed E-state index contributed by atoms with van der Waals surface area (Å²) >= 11 is 0. The Balaban J connectivity index is 1.80. The molecule has 1 saturated heterocycles. The van der Waals surface area contributed by atoms with Gasteiger partial charge in [-0.1, -0.05) is 6.92 Å². The predicted molar refractivity (Wildman–Crippen MR) is 106 cm³/mol. The maximum absolute atomic E-state index is 12.2. The molecule has 146 valence electrons. The molecule has 5 N–H and O–H groups in total. The fourth-order valence-electron chi connectivity index (χ4n) is 3.76. The van der Waals surface area contributed by atoms with Crippen LogP contribution in [0.3, 0.4) is 0 Å². The molecule has 8 nitrogen and oxygen atoms in total. The van der Waals surface area contributed by atoms with Crippen molar-refractivity contribution in [3.63, 3.8) is 0 Å². The lowest BCUT2D eigenvalue weighted by Crippen LogP contribution is -2.52. The van der Waals surface area contributed by atoms with Crippen LogP contribution in [0.15, 0.2) is 30.5 Å². The van der Waals surface area contributed by atoms with E-state index in [0.717, 1.165) is 24.0 Å². The largest absolute Gasteiger partial charge is 0.369 e. The van der Waals surface area contributed by atoms with E-state index in [1.807, 2.05) is 18.2 Å². The molecule has 0 unspecified atom stereocenters. The molecule has 2 aromatic rings. The van der Waals surface area contributed by atoms with Crippen molar-refractivity contribution >= 4 is 28.4 Å². The van der Waals surface area contributed by atoms with Crippen molar-refractivity contribution in [2.45, 2.75) is 31.8 Å². The van der Waals surface area contributed by atoms with Crippen molar-refractivity contribution in [2.75, 3.05) is 18.0 Å². The summed E-state index contributed by atoms with van der Waals surface area (Å²) in [5.74, 6) is -0.617. The normalized spacial score (nSPS) is 20.4. The topological polar surface area (TPSA) is 138 Å². The molecule has 28 heavy (non-hydrogen) atoms. The zero-order valence-corrected chi connectivity index (χ0v) is 15.8. The highest BCUT2D eigenvalue weighted by Crippen LogP contribution is 2.31. The number of aromatic nitrogens is 1. The number of pyridine rings is 1. The van der Waals surface area contributed by atoms with Gasteiger partial charge in [0.15, 0.2) is 0 Å². The molecule has 2 amide bonds. The highest BCUT2D eigenvalue weighted by atomic mass is 16.2. The summed E-state index contributed by atoms with van der Waals surface area (Å²) in [4.78, 5) is 29.9. The van der Waals surface area contributed by atoms with Crippen LogP contribution < -0.4 is 21.7 Å². The maximum Gasteiger partial charge on any atom is 0.234 e. The number of benzene rings is 1. The molecule has 1 aliphatic rings. The number of nitrogens with zero attached hydrogens (tertiary/aromatic N) is 3. The van der Waals surface area contributed by atoms with Gasteiger partial charge in [0.05, 0.1) is 23.5 Å². The summed E-state index contributed by atoms with van der Waals surface area (Å²) in [6.07, 6.45) is 2.39. The van der Waals surface area contributed by atoms with Crippen molar-refractivity contribution in [3.8, 4) is 6.07 Å². The van der Waals surface area contributed by atoms with E-state index >= 15 is 0 Å². The molecule has 3 rings (SSSR count). The van der Waals surface area contributed by atoms with Crippen LogP contribution in [0.4, 0.5) is 5.69 Å². The highest BCUT2D eigenvalue weighted by Gasteiger charge is 2.28. The van der Waals surface area contributed by atoms with E-state index in [2.05, 4.69) is 28.2 Å². The van der Waals surface area contributed by atoms with Crippen LogP contribution in [0.2, 0.25) is 0 Å². The van der Waals surface area contributed by atoms with E-state index in [-0.39, 0.29) is 18.4 Å². The molecule has 1 aliphatic heterocycles. The Kier molecular flexibility index (Phi) is 5.76. The van der Waals surface area contributed by atoms with Crippen molar-refractivity contribution in [1.82, 2.24) is 10.3 Å². The van der Waals surface area contributed by atoms with Crippen molar-refractivity contribution in [1.29, 1.82) is 5.26 Å². The van der Waals surface area contributed by atoms with Crippen LogP contribution in [0.25, 0.3) is 10.9 Å². The summed E-state index contributed by atoms with van der Waals surface area (Å²) in [6.45, 7) is 3.59. The van der Waals surface area contributed by atoms with Gasteiger partial charge in [-0.25, -0.2) is 0 Å². The number of piperidine rings is 1. The van der Waals surface area contributed by atoms with Crippen LogP contribution in [-0.2, 0) is 9.59 Å². The summed E-state index contributed by atoms with van der Waals surface area (Å²) < 4.78 is 0. The standard InChI is InChI=1S/C20H24N6O2/c1-12-7-14(25-18(27)8-16(22)20(23)28)11-26(10-12)17-5-4-13(9-21)19-15(17)3-2-6-24-19/h2-6,12,14,16H,7-8,10-11,22H2,1H3,(H2,23,28)(H,25,27)/t12-,14+,16-/m0/s1. The van der Waals surface area contributed by atoms with Gasteiger partial charge in [0, 0.05) is 36.4 Å². The number of nitrogens with two attached hydrogens (primary N) is 2. The third-order valence-electron chi connectivity index (χ3n) is 5.00. The van der Waals surface area contributed by atoms with Gasteiger partial charge in [-0.05, 0) is 36.6 Å². The first kappa shape index (κ1) is 19.6. The average molecular weight is 380 g/mol. The van der Waals surface area contributed by atoms with Crippen LogP contribution in [-0.4, -0.2) is 42.0 Å². The van der Waals surface area contributed by atoms with Crippen molar-refractivity contribution in [2.24, 2.45) is 17.4 Å². The monoisotopic (exact) mass is 380 g/mol. The Morgan fingerprint density at radius 3 is 2.89 bits per heavy atom. The molecular formula is C20H24N6O2. The number of rotatable bonds is 5. The first-order valence-electron chi connectivity index (χ1n) is 9.26. The molecule has 1 fully saturated rings. The molecule has 0 saturated carbocycles. The Morgan fingerprint density at radius 1 is 1.39 bits per heavy atom. The number of carbonyl (C=O) groups excluding carboxylic acids is 2. The third kappa shape index (κ3) is 4.21. The van der Waals surface area contributed by atoms with Gasteiger partial charge >= 0.3 is 0 Å². The van der Waals surface area contributed by atoms with E-state index < -0.39 is 11.9 Å². The number of nitriles is 1. The Hall–Kier alpha value is -3.18. The SMILES string of the molecule is C[C@H]1C[C@@H](NC(=O)C[C@H](N)C(N)=O)CN(c2ccc(C#N)c3ncccc23)C1. The van der Waals surface area contributed by atoms with Gasteiger partial charge in [0.2, 0.25) is 11.8 Å². The number of nitrogens with one attached hydrogen (secondary N) is 1. The molecule has 0 aliphatic carbocycles. The van der Waals surface area contributed by atoms with Crippen LogP contribution in [0.5, 0.6) is 0 Å². The Labute approximate surface area is 163 Å². The summed E-state index contributed by atoms with van der Waals surface area (Å²) in [7, 11) is 0. The summed E-state index contributed by atoms with van der Waals surface area (Å²) in [6, 6.07) is 8.65. The molecule has 2 heterocycles. The molecule has 0 bridgehead atoms. The number of hydrogen-bond donors (Lipinski definition) is 3. The van der Waals surface area contributed by atoms with Gasteiger partial charge in [-0.2, -0.15) is 5.26 Å². The molecule has 1 aromatic carbocycles. The molecule has 0 radical (unpaired) electrons. The van der Waals surface area contributed by atoms with Gasteiger partial charge in [0.25, 0.3) is 0 Å². The second-order valence-corrected chi connectivity index (χ2v) is 7.37. The van der Waals surface area contributed by atoms with Gasteiger partial charge in [-0.3, -0.25) is 14.6 Å². The van der Waals surface area contributed by atoms with Crippen molar-refractivity contribution < 1.29 is 9.59 Å². The second-order valence-electron chi connectivity index (χ2n) is 7.37. The number of amides is 2.